The molecule has 0 aliphatic heterocycles. The maximum absolute atomic E-state index is 11.9. The van der Waals surface area contributed by atoms with Crippen molar-refractivity contribution < 1.29 is 8.42 Å². The molecular formula is C11H22N4O2S. The number of hydrogen-bond acceptors (Lipinski definition) is 4. The number of imidazole rings is 1. The Morgan fingerprint density at radius 1 is 1.39 bits per heavy atom. The molecule has 0 aliphatic carbocycles. The van der Waals surface area contributed by atoms with E-state index in [4.69, 9.17) is 0 Å². The molecule has 0 aromatic carbocycles. The van der Waals surface area contributed by atoms with E-state index in [1.54, 1.807) is 17.1 Å². The van der Waals surface area contributed by atoms with Crippen LogP contribution < -0.4 is 10.0 Å². The van der Waals surface area contributed by atoms with Crippen LogP contribution >= 0.6 is 0 Å². The Morgan fingerprint density at radius 2 is 2.11 bits per heavy atom. The first-order valence-corrected chi connectivity index (χ1v) is 7.60. The fourth-order valence-electron chi connectivity index (χ4n) is 1.55. The summed E-state index contributed by atoms with van der Waals surface area (Å²) in [7, 11) is -1.63. The predicted octanol–water partition coefficient (Wildman–Crippen LogP) is 0.427. The van der Waals surface area contributed by atoms with Crippen LogP contribution in [0.1, 0.15) is 20.3 Å². The molecule has 0 radical (unpaired) electrons. The molecule has 2 N–H and O–H groups in total. The second-order valence-electron chi connectivity index (χ2n) is 4.66. The van der Waals surface area contributed by atoms with E-state index in [0.717, 1.165) is 19.5 Å². The first-order valence-electron chi connectivity index (χ1n) is 6.11. The third-order valence-electron chi connectivity index (χ3n) is 2.36. The molecule has 1 aromatic rings. The van der Waals surface area contributed by atoms with Gasteiger partial charge in [0.1, 0.15) is 0 Å². The van der Waals surface area contributed by atoms with Gasteiger partial charge in [0.2, 0.25) is 0 Å². The van der Waals surface area contributed by atoms with Gasteiger partial charge in [-0.25, -0.2) is 18.1 Å². The van der Waals surface area contributed by atoms with Crippen molar-refractivity contribution in [1.29, 1.82) is 0 Å². The molecule has 0 amide bonds. The quantitative estimate of drug-likeness (QED) is 0.674. The van der Waals surface area contributed by atoms with Crippen LogP contribution in [-0.4, -0.2) is 38.1 Å². The molecule has 0 spiro atoms. The number of nitrogens with one attached hydrogen (secondary N) is 2. The molecular weight excluding hydrogens is 252 g/mol. The van der Waals surface area contributed by atoms with Gasteiger partial charge in [0, 0.05) is 19.3 Å². The number of rotatable bonds is 8. The predicted molar refractivity (Wildman–Crippen MR) is 70.8 cm³/mol. The summed E-state index contributed by atoms with van der Waals surface area (Å²) in [4.78, 5) is 3.94. The lowest BCUT2D eigenvalue weighted by molar-refractivity contribution is 0.521. The highest BCUT2D eigenvalue weighted by Crippen LogP contribution is 2.07. The van der Waals surface area contributed by atoms with Crippen LogP contribution in [0.4, 0.5) is 0 Å². The van der Waals surface area contributed by atoms with Crippen LogP contribution in [0.3, 0.4) is 0 Å². The van der Waals surface area contributed by atoms with Crippen molar-refractivity contribution in [3.63, 3.8) is 0 Å². The second-order valence-corrected chi connectivity index (χ2v) is 6.37. The Labute approximate surface area is 109 Å². The summed E-state index contributed by atoms with van der Waals surface area (Å²) in [6.45, 7) is 6.11. The van der Waals surface area contributed by atoms with E-state index in [2.05, 4.69) is 28.9 Å². The standard InChI is InChI=1S/C11H22N4O2S/c1-10(2)7-15-8-11(13-9-15)18(16,17)14-6-4-5-12-3/h8-10,12,14H,4-7H2,1-3H3. The van der Waals surface area contributed by atoms with Gasteiger partial charge in [-0.2, -0.15) is 0 Å². The average molecular weight is 274 g/mol. The molecule has 0 saturated carbocycles. The molecule has 0 saturated heterocycles. The van der Waals surface area contributed by atoms with E-state index in [0.29, 0.717) is 12.5 Å². The minimum Gasteiger partial charge on any atom is -0.336 e. The summed E-state index contributed by atoms with van der Waals surface area (Å²) in [5.74, 6) is 0.457. The number of sulfonamides is 1. The average Bonchev–Trinajstić information content (AvgIpc) is 2.73. The van der Waals surface area contributed by atoms with E-state index in [1.165, 1.54) is 0 Å². The molecule has 1 heterocycles. The maximum atomic E-state index is 11.9. The van der Waals surface area contributed by atoms with Crippen LogP contribution in [0.2, 0.25) is 0 Å². The molecule has 1 rings (SSSR count). The summed E-state index contributed by atoms with van der Waals surface area (Å²) in [5.41, 5.74) is 0. The molecule has 7 heteroatoms. The van der Waals surface area contributed by atoms with E-state index in [1.807, 2.05) is 7.05 Å². The Kier molecular flexibility index (Phi) is 5.77. The fraction of sp³-hybridized carbons (Fsp3) is 0.727. The van der Waals surface area contributed by atoms with Crippen molar-refractivity contribution in [3.8, 4) is 0 Å². The fourth-order valence-corrected chi connectivity index (χ4v) is 2.57. The molecule has 104 valence electrons. The topological polar surface area (TPSA) is 76.0 Å². The van der Waals surface area contributed by atoms with Crippen molar-refractivity contribution in [2.75, 3.05) is 20.1 Å². The summed E-state index contributed by atoms with van der Waals surface area (Å²) < 4.78 is 28.1. The SMILES string of the molecule is CNCCCNS(=O)(=O)c1cn(CC(C)C)cn1. The lowest BCUT2D eigenvalue weighted by atomic mass is 10.2. The highest BCUT2D eigenvalue weighted by Gasteiger charge is 2.16. The highest BCUT2D eigenvalue weighted by atomic mass is 32.2. The van der Waals surface area contributed by atoms with E-state index >= 15 is 0 Å². The van der Waals surface area contributed by atoms with Gasteiger partial charge in [0.15, 0.2) is 5.03 Å². The van der Waals surface area contributed by atoms with E-state index in [-0.39, 0.29) is 5.03 Å². The highest BCUT2D eigenvalue weighted by molar-refractivity contribution is 7.89. The molecule has 1 aromatic heterocycles. The first kappa shape index (κ1) is 15.1. The van der Waals surface area contributed by atoms with Gasteiger partial charge < -0.3 is 9.88 Å². The Hall–Kier alpha value is -0.920. The molecule has 0 atom stereocenters. The van der Waals surface area contributed by atoms with Crippen molar-refractivity contribution >= 4 is 10.0 Å². The minimum absolute atomic E-state index is 0.0904. The molecule has 0 fully saturated rings. The Morgan fingerprint density at radius 3 is 2.72 bits per heavy atom. The Balaban J connectivity index is 2.59. The van der Waals surface area contributed by atoms with Gasteiger partial charge in [0.25, 0.3) is 10.0 Å². The lowest BCUT2D eigenvalue weighted by Crippen LogP contribution is -2.27. The zero-order chi connectivity index (χ0) is 13.6. The van der Waals surface area contributed by atoms with Crippen molar-refractivity contribution in [2.24, 2.45) is 5.92 Å². The lowest BCUT2D eigenvalue weighted by Gasteiger charge is -2.05. The van der Waals surface area contributed by atoms with Crippen molar-refractivity contribution in [1.82, 2.24) is 19.6 Å². The van der Waals surface area contributed by atoms with Crippen molar-refractivity contribution in [2.45, 2.75) is 31.8 Å². The van der Waals surface area contributed by atoms with E-state index < -0.39 is 10.0 Å². The normalized spacial score (nSPS) is 12.2. The molecule has 0 bridgehead atoms. The van der Waals surface area contributed by atoms with Crippen LogP contribution in [0.15, 0.2) is 17.6 Å². The van der Waals surface area contributed by atoms with Gasteiger partial charge in [-0.05, 0) is 25.9 Å². The summed E-state index contributed by atoms with van der Waals surface area (Å²) in [6, 6.07) is 0. The third-order valence-corrected chi connectivity index (χ3v) is 3.70. The summed E-state index contributed by atoms with van der Waals surface area (Å²) >= 11 is 0. The van der Waals surface area contributed by atoms with Crippen LogP contribution in [0.25, 0.3) is 0 Å². The summed E-state index contributed by atoms with van der Waals surface area (Å²) in [6.07, 6.45) is 3.88. The first-order chi connectivity index (χ1) is 8.45. The van der Waals surface area contributed by atoms with Crippen LogP contribution in [0.5, 0.6) is 0 Å². The molecule has 0 aliphatic rings. The van der Waals surface area contributed by atoms with Gasteiger partial charge >= 0.3 is 0 Å². The van der Waals surface area contributed by atoms with Gasteiger partial charge in [0.05, 0.1) is 6.33 Å². The largest absolute Gasteiger partial charge is 0.336 e. The van der Waals surface area contributed by atoms with Crippen molar-refractivity contribution in [3.05, 3.63) is 12.5 Å². The minimum atomic E-state index is -3.47. The van der Waals surface area contributed by atoms with Gasteiger partial charge in [-0.15, -0.1) is 0 Å². The number of hydrogen-bond donors (Lipinski definition) is 2. The zero-order valence-electron chi connectivity index (χ0n) is 11.2. The maximum Gasteiger partial charge on any atom is 0.259 e. The van der Waals surface area contributed by atoms with Crippen LogP contribution in [-0.2, 0) is 16.6 Å². The molecule has 18 heavy (non-hydrogen) atoms. The second kappa shape index (κ2) is 6.86. The molecule has 0 unspecified atom stereocenters. The monoisotopic (exact) mass is 274 g/mol. The Bertz CT molecular complexity index is 453. The van der Waals surface area contributed by atoms with Crippen LogP contribution in [0, 0.1) is 5.92 Å². The van der Waals surface area contributed by atoms with Gasteiger partial charge in [-0.3, -0.25) is 0 Å². The molecule has 6 nitrogen and oxygen atoms in total. The number of nitrogens with zero attached hydrogens (tertiary/aromatic N) is 2. The number of aromatic nitrogens is 2. The smallest absolute Gasteiger partial charge is 0.259 e. The van der Waals surface area contributed by atoms with E-state index in [9.17, 15) is 8.42 Å². The summed E-state index contributed by atoms with van der Waals surface area (Å²) in [5, 5.41) is 3.06. The van der Waals surface area contributed by atoms with Gasteiger partial charge in [-0.1, -0.05) is 13.8 Å². The zero-order valence-corrected chi connectivity index (χ0v) is 12.0. The third kappa shape index (κ3) is 4.75.